The number of nitrogen functional groups attached to an aromatic ring is 1. The van der Waals surface area contributed by atoms with Gasteiger partial charge in [0.15, 0.2) is 17.3 Å². The highest BCUT2D eigenvalue weighted by Crippen LogP contribution is 2.32. The Morgan fingerprint density at radius 1 is 1.05 bits per heavy atom. The first-order valence-electron chi connectivity index (χ1n) is 5.65. The molecule has 0 aliphatic carbocycles. The Kier molecular flexibility index (Phi) is 5.17. The third-order valence-electron chi connectivity index (χ3n) is 2.64. The summed E-state index contributed by atoms with van der Waals surface area (Å²) >= 11 is 0. The molecule has 0 unspecified atom stereocenters. The molecule has 0 radical (unpaired) electrons. The molecule has 0 heterocycles. The molecule has 104 valence electrons. The lowest BCUT2D eigenvalue weighted by atomic mass is 10.0. The van der Waals surface area contributed by atoms with E-state index in [-0.39, 0.29) is 24.3 Å². The largest absolute Gasteiger partial charge is 0.493 e. The van der Waals surface area contributed by atoms with Gasteiger partial charge in [0.25, 0.3) is 0 Å². The van der Waals surface area contributed by atoms with Crippen LogP contribution < -0.4 is 15.2 Å². The summed E-state index contributed by atoms with van der Waals surface area (Å²) in [4.78, 5) is 23.0. The van der Waals surface area contributed by atoms with Crippen LogP contribution >= 0.6 is 0 Å². The van der Waals surface area contributed by atoms with Crippen molar-refractivity contribution in [2.24, 2.45) is 0 Å². The van der Waals surface area contributed by atoms with Crippen LogP contribution in [0.3, 0.4) is 0 Å². The molecule has 6 nitrogen and oxygen atoms in total. The number of Topliss-reactive ketones (excluding diaryl/α,β-unsaturated/α-hetero) is 1. The quantitative estimate of drug-likeness (QED) is 0.476. The number of carbonyl (C=O) groups is 2. The number of nitrogens with two attached hydrogens (primary N) is 1. The van der Waals surface area contributed by atoms with Crippen LogP contribution in [-0.2, 0) is 9.53 Å². The number of ketones is 1. The van der Waals surface area contributed by atoms with Crippen molar-refractivity contribution in [1.29, 1.82) is 0 Å². The van der Waals surface area contributed by atoms with E-state index in [9.17, 15) is 9.59 Å². The number of benzene rings is 1. The van der Waals surface area contributed by atoms with Crippen molar-refractivity contribution in [2.45, 2.75) is 12.8 Å². The molecule has 0 atom stereocenters. The highest BCUT2D eigenvalue weighted by molar-refractivity contribution is 6.02. The molecule has 0 saturated heterocycles. The molecule has 1 aromatic carbocycles. The van der Waals surface area contributed by atoms with Gasteiger partial charge in [0, 0.05) is 23.7 Å². The number of hydrogen-bond donors (Lipinski definition) is 1. The Morgan fingerprint density at radius 3 is 2.16 bits per heavy atom. The minimum atomic E-state index is -0.438. The maximum Gasteiger partial charge on any atom is 0.305 e. The van der Waals surface area contributed by atoms with Crippen LogP contribution in [0.1, 0.15) is 23.2 Å². The van der Waals surface area contributed by atoms with E-state index in [1.165, 1.54) is 33.5 Å². The minimum Gasteiger partial charge on any atom is -0.493 e. The van der Waals surface area contributed by atoms with E-state index in [0.717, 1.165) is 0 Å². The molecule has 1 rings (SSSR count). The average molecular weight is 267 g/mol. The van der Waals surface area contributed by atoms with Crippen LogP contribution in [0.5, 0.6) is 11.5 Å². The Balaban J connectivity index is 2.93. The zero-order valence-corrected chi connectivity index (χ0v) is 11.2. The van der Waals surface area contributed by atoms with Crippen LogP contribution in [0, 0.1) is 0 Å². The van der Waals surface area contributed by atoms with Gasteiger partial charge in [0.2, 0.25) is 0 Å². The fourth-order valence-electron chi connectivity index (χ4n) is 1.59. The normalized spacial score (nSPS) is 9.84. The van der Waals surface area contributed by atoms with Crippen LogP contribution in [-0.4, -0.2) is 33.1 Å². The highest BCUT2D eigenvalue weighted by Gasteiger charge is 2.16. The third kappa shape index (κ3) is 3.61. The Labute approximate surface area is 111 Å². The summed E-state index contributed by atoms with van der Waals surface area (Å²) in [5, 5.41) is 0. The van der Waals surface area contributed by atoms with Gasteiger partial charge in [0.1, 0.15) is 0 Å². The van der Waals surface area contributed by atoms with Crippen LogP contribution in [0.15, 0.2) is 12.1 Å². The molecule has 19 heavy (non-hydrogen) atoms. The van der Waals surface area contributed by atoms with Gasteiger partial charge in [-0.25, -0.2) is 0 Å². The van der Waals surface area contributed by atoms with Crippen LogP contribution in [0.2, 0.25) is 0 Å². The van der Waals surface area contributed by atoms with Crippen molar-refractivity contribution in [3.63, 3.8) is 0 Å². The van der Waals surface area contributed by atoms with Crippen LogP contribution in [0.25, 0.3) is 0 Å². The fraction of sp³-hybridized carbons (Fsp3) is 0.385. The van der Waals surface area contributed by atoms with Crippen molar-refractivity contribution in [3.05, 3.63) is 17.7 Å². The SMILES string of the molecule is COC(=O)CCC(=O)c1cc(OC)c(OC)cc1N. The molecule has 0 amide bonds. The number of carbonyl (C=O) groups excluding carboxylic acids is 2. The summed E-state index contributed by atoms with van der Waals surface area (Å²) in [5.74, 6) is 0.180. The van der Waals surface area contributed by atoms with E-state index in [2.05, 4.69) is 4.74 Å². The minimum absolute atomic E-state index is 0.0170. The highest BCUT2D eigenvalue weighted by atomic mass is 16.5. The smallest absolute Gasteiger partial charge is 0.305 e. The standard InChI is InChI=1S/C13H17NO5/c1-17-11-6-8(9(14)7-12(11)18-2)10(15)4-5-13(16)19-3/h6-7H,4-5,14H2,1-3H3. The molecule has 0 saturated carbocycles. The molecule has 6 heteroatoms. The lowest BCUT2D eigenvalue weighted by Gasteiger charge is -2.11. The first-order chi connectivity index (χ1) is 9.03. The molecular weight excluding hydrogens is 250 g/mol. The van der Waals surface area contributed by atoms with Crippen molar-refractivity contribution in [3.8, 4) is 11.5 Å². The first-order valence-corrected chi connectivity index (χ1v) is 5.65. The van der Waals surface area contributed by atoms with E-state index in [1.54, 1.807) is 0 Å². The average Bonchev–Trinajstić information content (AvgIpc) is 2.43. The maximum atomic E-state index is 12.0. The summed E-state index contributed by atoms with van der Waals surface area (Å²) in [6.07, 6.45) is 0.0511. The fourth-order valence-corrected chi connectivity index (χ4v) is 1.59. The molecule has 0 aliphatic heterocycles. The molecule has 0 aliphatic rings. The Hall–Kier alpha value is -2.24. The van der Waals surface area contributed by atoms with E-state index >= 15 is 0 Å². The van der Waals surface area contributed by atoms with Gasteiger partial charge in [-0.1, -0.05) is 0 Å². The number of hydrogen-bond acceptors (Lipinski definition) is 6. The summed E-state index contributed by atoms with van der Waals surface area (Å²) in [6.45, 7) is 0. The third-order valence-corrected chi connectivity index (χ3v) is 2.64. The molecule has 0 aromatic heterocycles. The van der Waals surface area contributed by atoms with Crippen LogP contribution in [0.4, 0.5) is 5.69 Å². The number of ether oxygens (including phenoxy) is 3. The van der Waals surface area contributed by atoms with E-state index < -0.39 is 5.97 Å². The first kappa shape index (κ1) is 14.8. The summed E-state index contributed by atoms with van der Waals surface area (Å²) in [7, 11) is 4.23. The van der Waals surface area contributed by atoms with Crippen molar-refractivity contribution in [2.75, 3.05) is 27.1 Å². The predicted molar refractivity (Wildman–Crippen MR) is 69.5 cm³/mol. The zero-order chi connectivity index (χ0) is 14.4. The summed E-state index contributed by atoms with van der Waals surface area (Å²) in [6, 6.07) is 3.03. The van der Waals surface area contributed by atoms with Gasteiger partial charge in [-0.05, 0) is 6.07 Å². The van der Waals surface area contributed by atoms with Gasteiger partial charge in [0.05, 0.1) is 27.8 Å². The van der Waals surface area contributed by atoms with Gasteiger partial charge in [-0.15, -0.1) is 0 Å². The molecule has 2 N–H and O–H groups in total. The zero-order valence-electron chi connectivity index (χ0n) is 11.2. The molecule has 0 fully saturated rings. The number of esters is 1. The second-order valence-corrected chi connectivity index (χ2v) is 3.79. The van der Waals surface area contributed by atoms with Crippen molar-refractivity contribution >= 4 is 17.4 Å². The van der Waals surface area contributed by atoms with E-state index in [0.29, 0.717) is 17.1 Å². The molecular formula is C13H17NO5. The second-order valence-electron chi connectivity index (χ2n) is 3.79. The van der Waals surface area contributed by atoms with E-state index in [4.69, 9.17) is 15.2 Å². The van der Waals surface area contributed by atoms with Crippen molar-refractivity contribution in [1.82, 2.24) is 0 Å². The van der Waals surface area contributed by atoms with Gasteiger partial charge in [-0.3, -0.25) is 9.59 Å². The molecule has 0 spiro atoms. The lowest BCUT2D eigenvalue weighted by Crippen LogP contribution is -2.09. The van der Waals surface area contributed by atoms with Gasteiger partial charge < -0.3 is 19.9 Å². The lowest BCUT2D eigenvalue weighted by molar-refractivity contribution is -0.140. The Morgan fingerprint density at radius 2 is 1.63 bits per heavy atom. The predicted octanol–water partition coefficient (Wildman–Crippen LogP) is 1.42. The summed E-state index contributed by atoms with van der Waals surface area (Å²) in [5.41, 5.74) is 6.38. The molecule has 1 aromatic rings. The number of rotatable bonds is 6. The Bertz CT molecular complexity index is 484. The summed E-state index contributed by atoms with van der Waals surface area (Å²) < 4.78 is 14.7. The maximum absolute atomic E-state index is 12.0. The number of anilines is 1. The second kappa shape index (κ2) is 6.63. The molecule has 0 bridgehead atoms. The topological polar surface area (TPSA) is 87.9 Å². The van der Waals surface area contributed by atoms with Gasteiger partial charge in [-0.2, -0.15) is 0 Å². The number of methoxy groups -OCH3 is 3. The van der Waals surface area contributed by atoms with E-state index in [1.807, 2.05) is 0 Å². The van der Waals surface area contributed by atoms with Crippen molar-refractivity contribution < 1.29 is 23.8 Å². The monoisotopic (exact) mass is 267 g/mol. The van der Waals surface area contributed by atoms with Gasteiger partial charge >= 0.3 is 5.97 Å².